The number of hydrogen-bond donors (Lipinski definition) is 0. The second-order valence-corrected chi connectivity index (χ2v) is 7.49. The average molecular weight is 433 g/mol. The Labute approximate surface area is 176 Å². The molecule has 1 heterocycles. The molecule has 0 aliphatic carbocycles. The number of allylic oxidation sites excluding steroid dienone is 1. The van der Waals surface area contributed by atoms with E-state index >= 15 is 0 Å². The lowest BCUT2D eigenvalue weighted by molar-refractivity contribution is -0.114. The molecular formula is C20H14Cl2N2O3S. The molecule has 0 bridgehead atoms. The Morgan fingerprint density at radius 3 is 2.61 bits per heavy atom. The van der Waals surface area contributed by atoms with Gasteiger partial charge in [0.1, 0.15) is 17.0 Å². The Hall–Kier alpha value is -2.64. The van der Waals surface area contributed by atoms with Crippen LogP contribution in [0.3, 0.4) is 0 Å². The largest absolute Gasteiger partial charge is 0.462 e. The highest BCUT2D eigenvalue weighted by molar-refractivity contribution is 7.14. The van der Waals surface area contributed by atoms with E-state index in [0.29, 0.717) is 21.0 Å². The minimum absolute atomic E-state index is 0.128. The number of nitrogens with zero attached hydrogens (tertiary/aromatic N) is 2. The molecule has 2 aromatic rings. The SMILES string of the molecule is CCOC(=O)c1sc(CC(=O)/C(C#N)=C/c2cccc(Cl)c2Cl)c(C#N)c1C. The second kappa shape index (κ2) is 9.52. The van der Waals surface area contributed by atoms with Crippen molar-refractivity contribution in [3.8, 4) is 12.1 Å². The third-order valence-electron chi connectivity index (χ3n) is 3.82. The molecule has 0 unspecified atom stereocenters. The maximum Gasteiger partial charge on any atom is 0.348 e. The molecule has 1 aromatic carbocycles. The number of benzene rings is 1. The summed E-state index contributed by atoms with van der Waals surface area (Å²) in [6.45, 7) is 3.51. The summed E-state index contributed by atoms with van der Waals surface area (Å²) in [5.41, 5.74) is 1.03. The molecule has 0 amide bonds. The summed E-state index contributed by atoms with van der Waals surface area (Å²) < 4.78 is 4.98. The van der Waals surface area contributed by atoms with Gasteiger partial charge in [0.25, 0.3) is 0 Å². The molecule has 0 N–H and O–H groups in total. The van der Waals surface area contributed by atoms with Crippen LogP contribution in [0, 0.1) is 29.6 Å². The van der Waals surface area contributed by atoms with Crippen LogP contribution < -0.4 is 0 Å². The van der Waals surface area contributed by atoms with Crippen LogP contribution >= 0.6 is 34.5 Å². The minimum atomic E-state index is -0.540. The number of carbonyl (C=O) groups excluding carboxylic acids is 2. The highest BCUT2D eigenvalue weighted by Gasteiger charge is 2.23. The van der Waals surface area contributed by atoms with Crippen molar-refractivity contribution in [3.63, 3.8) is 0 Å². The van der Waals surface area contributed by atoms with Crippen LogP contribution in [0.15, 0.2) is 23.8 Å². The topological polar surface area (TPSA) is 90.9 Å². The van der Waals surface area contributed by atoms with Crippen LogP contribution in [0.1, 0.15) is 38.2 Å². The average Bonchev–Trinajstić information content (AvgIpc) is 2.98. The van der Waals surface area contributed by atoms with Crippen molar-refractivity contribution in [1.82, 2.24) is 0 Å². The molecule has 0 aliphatic heterocycles. The quantitative estimate of drug-likeness (QED) is 0.358. The van der Waals surface area contributed by atoms with Crippen molar-refractivity contribution in [2.24, 2.45) is 0 Å². The van der Waals surface area contributed by atoms with Gasteiger partial charge in [-0.05, 0) is 37.1 Å². The molecule has 8 heteroatoms. The number of esters is 1. The molecular weight excluding hydrogens is 419 g/mol. The molecule has 142 valence electrons. The maximum atomic E-state index is 12.6. The molecule has 5 nitrogen and oxygen atoms in total. The minimum Gasteiger partial charge on any atom is -0.462 e. The summed E-state index contributed by atoms with van der Waals surface area (Å²) in [7, 11) is 0. The molecule has 0 saturated heterocycles. The van der Waals surface area contributed by atoms with Crippen LogP contribution in [0.25, 0.3) is 6.08 Å². The molecule has 0 aliphatic rings. The van der Waals surface area contributed by atoms with Crippen LogP contribution in [0.2, 0.25) is 10.0 Å². The first kappa shape index (κ1) is 21.7. The van der Waals surface area contributed by atoms with Gasteiger partial charge >= 0.3 is 5.97 Å². The summed E-state index contributed by atoms with van der Waals surface area (Å²) in [5, 5.41) is 19.3. The first-order chi connectivity index (χ1) is 13.3. The number of thiophene rings is 1. The molecule has 0 saturated carbocycles. The number of halogens is 2. The third kappa shape index (κ3) is 4.61. The molecule has 28 heavy (non-hydrogen) atoms. The Balaban J connectivity index is 2.38. The summed E-state index contributed by atoms with van der Waals surface area (Å²) >= 11 is 13.1. The van der Waals surface area contributed by atoms with Crippen molar-refractivity contribution in [2.45, 2.75) is 20.3 Å². The van der Waals surface area contributed by atoms with E-state index in [9.17, 15) is 20.1 Å². The van der Waals surface area contributed by atoms with E-state index in [1.165, 1.54) is 6.08 Å². The molecule has 1 aromatic heterocycles. The van der Waals surface area contributed by atoms with E-state index in [1.54, 1.807) is 32.0 Å². The van der Waals surface area contributed by atoms with E-state index in [-0.39, 0.29) is 34.1 Å². The number of ether oxygens (including phenoxy) is 1. The van der Waals surface area contributed by atoms with Crippen LogP contribution in [-0.4, -0.2) is 18.4 Å². The van der Waals surface area contributed by atoms with Gasteiger partial charge in [-0.15, -0.1) is 11.3 Å². The van der Waals surface area contributed by atoms with Gasteiger partial charge in [0.05, 0.1) is 27.8 Å². The maximum absolute atomic E-state index is 12.6. The zero-order chi connectivity index (χ0) is 20.8. The zero-order valence-electron chi connectivity index (χ0n) is 15.0. The van der Waals surface area contributed by atoms with E-state index in [4.69, 9.17) is 27.9 Å². The van der Waals surface area contributed by atoms with Gasteiger partial charge in [-0.1, -0.05) is 35.3 Å². The summed E-state index contributed by atoms with van der Waals surface area (Å²) in [4.78, 5) is 25.4. The monoisotopic (exact) mass is 432 g/mol. The summed E-state index contributed by atoms with van der Waals surface area (Å²) in [5.74, 6) is -1.03. The molecule has 0 fully saturated rings. The summed E-state index contributed by atoms with van der Waals surface area (Å²) in [6, 6.07) is 8.76. The van der Waals surface area contributed by atoms with Gasteiger partial charge in [0, 0.05) is 11.3 Å². The number of hydrogen-bond acceptors (Lipinski definition) is 6. The third-order valence-corrected chi connectivity index (χ3v) is 5.92. The number of Topliss-reactive ketones (excluding diaryl/α,β-unsaturated/α-hetero) is 1. The molecule has 0 atom stereocenters. The van der Waals surface area contributed by atoms with Crippen molar-refractivity contribution in [1.29, 1.82) is 10.5 Å². The molecule has 0 radical (unpaired) electrons. The van der Waals surface area contributed by atoms with E-state index < -0.39 is 11.8 Å². The van der Waals surface area contributed by atoms with Crippen molar-refractivity contribution < 1.29 is 14.3 Å². The van der Waals surface area contributed by atoms with Crippen LogP contribution in [0.5, 0.6) is 0 Å². The Bertz CT molecular complexity index is 1060. The Morgan fingerprint density at radius 1 is 1.29 bits per heavy atom. The fourth-order valence-electron chi connectivity index (χ4n) is 2.44. The molecule has 0 spiro atoms. The van der Waals surface area contributed by atoms with Crippen molar-refractivity contribution in [2.75, 3.05) is 6.61 Å². The highest BCUT2D eigenvalue weighted by atomic mass is 35.5. The van der Waals surface area contributed by atoms with Crippen molar-refractivity contribution >= 4 is 52.4 Å². The van der Waals surface area contributed by atoms with Gasteiger partial charge in [-0.25, -0.2) is 4.79 Å². The highest BCUT2D eigenvalue weighted by Crippen LogP contribution is 2.30. The standard InChI is InChI=1S/C20H14Cl2N2O3S/c1-3-27-20(26)19-11(2)14(10-24)17(28-19)8-16(25)13(9-23)7-12-5-4-6-15(21)18(12)22/h4-7H,3,8H2,1-2H3/b13-7+. The lowest BCUT2D eigenvalue weighted by Crippen LogP contribution is -2.05. The van der Waals surface area contributed by atoms with Gasteiger partial charge in [-0.3, -0.25) is 4.79 Å². The van der Waals surface area contributed by atoms with Gasteiger partial charge in [-0.2, -0.15) is 10.5 Å². The summed E-state index contributed by atoms with van der Waals surface area (Å²) in [6.07, 6.45) is 1.17. The lowest BCUT2D eigenvalue weighted by Gasteiger charge is -2.02. The van der Waals surface area contributed by atoms with E-state index in [0.717, 1.165) is 11.3 Å². The zero-order valence-corrected chi connectivity index (χ0v) is 17.3. The van der Waals surface area contributed by atoms with Gasteiger partial charge < -0.3 is 4.74 Å². The lowest BCUT2D eigenvalue weighted by atomic mass is 10.0. The Morgan fingerprint density at radius 2 is 2.00 bits per heavy atom. The number of carbonyl (C=O) groups is 2. The second-order valence-electron chi connectivity index (χ2n) is 5.60. The predicted molar refractivity (Wildman–Crippen MR) is 108 cm³/mol. The van der Waals surface area contributed by atoms with E-state index in [1.807, 2.05) is 12.1 Å². The fraction of sp³-hybridized carbons (Fsp3) is 0.200. The molecule has 2 rings (SSSR count). The number of nitriles is 2. The van der Waals surface area contributed by atoms with Crippen molar-refractivity contribution in [3.05, 3.63) is 60.3 Å². The first-order valence-corrected chi connectivity index (χ1v) is 9.69. The number of ketones is 1. The van der Waals surface area contributed by atoms with Gasteiger partial charge in [0.2, 0.25) is 0 Å². The van der Waals surface area contributed by atoms with Gasteiger partial charge in [0.15, 0.2) is 5.78 Å². The van der Waals surface area contributed by atoms with E-state index in [2.05, 4.69) is 0 Å². The van der Waals surface area contributed by atoms with Crippen LogP contribution in [0.4, 0.5) is 0 Å². The fourth-order valence-corrected chi connectivity index (χ4v) is 3.95. The first-order valence-electron chi connectivity index (χ1n) is 8.12. The smallest absolute Gasteiger partial charge is 0.348 e. The van der Waals surface area contributed by atoms with Crippen LogP contribution in [-0.2, 0) is 16.0 Å². The normalized spacial score (nSPS) is 10.9. The predicted octanol–water partition coefficient (Wildman–Crippen LogP) is 5.13. The Kier molecular flexibility index (Phi) is 7.37. The number of rotatable bonds is 6.